The second kappa shape index (κ2) is 10.5. The number of nitrogens with one attached hydrogen (secondary N) is 1. The largest absolute Gasteiger partial charge is 0.342 e. The molecule has 2 amide bonds. The number of carbonyl (C=O) groups excluding carboxylic acids is 2. The molecule has 4 aromatic rings. The van der Waals surface area contributed by atoms with E-state index in [0.717, 1.165) is 35.7 Å². The maximum Gasteiger partial charge on any atom is 0.270 e. The van der Waals surface area contributed by atoms with Gasteiger partial charge in [0.15, 0.2) is 5.11 Å². The van der Waals surface area contributed by atoms with Crippen LogP contribution in [0.4, 0.5) is 5.69 Å². The van der Waals surface area contributed by atoms with Gasteiger partial charge in [0, 0.05) is 29.2 Å². The lowest BCUT2D eigenvalue weighted by molar-refractivity contribution is -0.122. The summed E-state index contributed by atoms with van der Waals surface area (Å²) in [4.78, 5) is 27.9. The van der Waals surface area contributed by atoms with Gasteiger partial charge in [-0.15, -0.1) is 0 Å². The lowest BCUT2D eigenvalue weighted by Gasteiger charge is -2.29. The molecular weight excluding hydrogens is 478 g/mol. The second-order valence-electron chi connectivity index (χ2n) is 9.45. The molecule has 1 aromatic heterocycles. The number of aryl methyl sites for hydroxylation is 2. The Hall–Kier alpha value is -4.03. The highest BCUT2D eigenvalue weighted by molar-refractivity contribution is 7.80. The quantitative estimate of drug-likeness (QED) is 0.185. The molecule has 3 aromatic carbocycles. The third-order valence-electron chi connectivity index (χ3n) is 6.67. The van der Waals surface area contributed by atoms with Crippen molar-refractivity contribution in [1.82, 2.24) is 9.88 Å². The number of hydrogen-bond acceptors (Lipinski definition) is 3. The number of benzene rings is 3. The van der Waals surface area contributed by atoms with Crippen molar-refractivity contribution >= 4 is 51.8 Å². The molecule has 2 heterocycles. The van der Waals surface area contributed by atoms with Gasteiger partial charge in [-0.05, 0) is 67.4 Å². The minimum Gasteiger partial charge on any atom is -0.342 e. The molecule has 1 aliphatic heterocycles. The van der Waals surface area contributed by atoms with Crippen molar-refractivity contribution in [1.29, 1.82) is 0 Å². The number of unbranched alkanes of at least 4 members (excludes halogenated alkanes) is 1. The molecule has 0 radical (unpaired) electrons. The van der Waals surface area contributed by atoms with E-state index >= 15 is 0 Å². The first kappa shape index (κ1) is 24.7. The second-order valence-corrected chi connectivity index (χ2v) is 9.83. The summed E-state index contributed by atoms with van der Waals surface area (Å²) in [5, 5.41) is 3.77. The van der Waals surface area contributed by atoms with Crippen LogP contribution in [0.5, 0.6) is 0 Å². The number of hydrogen-bond donors (Lipinski definition) is 1. The minimum atomic E-state index is -0.485. The number of para-hydroxylation sites is 1. The first-order valence-corrected chi connectivity index (χ1v) is 13.0. The van der Waals surface area contributed by atoms with E-state index in [1.54, 1.807) is 6.08 Å². The number of fused-ring (bicyclic) bond motifs is 1. The van der Waals surface area contributed by atoms with E-state index in [4.69, 9.17) is 12.2 Å². The van der Waals surface area contributed by atoms with Gasteiger partial charge in [0.25, 0.3) is 11.8 Å². The normalized spacial score (nSPS) is 15.0. The molecule has 0 aliphatic carbocycles. The molecule has 1 aliphatic rings. The summed E-state index contributed by atoms with van der Waals surface area (Å²) in [5.74, 6) is -0.910. The zero-order chi connectivity index (χ0) is 25.9. The molecular formula is C31H29N3O2S. The summed E-state index contributed by atoms with van der Waals surface area (Å²) < 4.78 is 2.15. The third-order valence-corrected chi connectivity index (χ3v) is 6.95. The molecule has 186 valence electrons. The van der Waals surface area contributed by atoms with E-state index in [1.165, 1.54) is 21.6 Å². The fraction of sp³-hybridized carbons (Fsp3) is 0.194. The molecule has 37 heavy (non-hydrogen) atoms. The summed E-state index contributed by atoms with van der Waals surface area (Å²) >= 11 is 5.39. The predicted molar refractivity (Wildman–Crippen MR) is 153 cm³/mol. The van der Waals surface area contributed by atoms with E-state index in [1.807, 2.05) is 48.7 Å². The summed E-state index contributed by atoms with van der Waals surface area (Å²) in [6.07, 6.45) is 6.90. The van der Waals surface area contributed by atoms with Gasteiger partial charge in [-0.2, -0.15) is 0 Å². The van der Waals surface area contributed by atoms with Crippen molar-refractivity contribution in [3.05, 3.63) is 107 Å². The van der Waals surface area contributed by atoms with Crippen LogP contribution in [0.25, 0.3) is 17.0 Å². The molecule has 0 saturated carbocycles. The Labute approximate surface area is 222 Å². The average Bonchev–Trinajstić information content (AvgIpc) is 3.23. The van der Waals surface area contributed by atoms with E-state index in [-0.39, 0.29) is 10.7 Å². The Kier molecular flexibility index (Phi) is 7.01. The Morgan fingerprint density at radius 1 is 0.946 bits per heavy atom. The molecule has 0 atom stereocenters. The third kappa shape index (κ3) is 5.11. The minimum absolute atomic E-state index is 0.0575. The van der Waals surface area contributed by atoms with E-state index in [2.05, 4.69) is 54.1 Å². The van der Waals surface area contributed by atoms with Crippen molar-refractivity contribution in [3.63, 3.8) is 0 Å². The molecule has 1 fully saturated rings. The Balaban J connectivity index is 1.50. The lowest BCUT2D eigenvalue weighted by atomic mass is 10.1. The van der Waals surface area contributed by atoms with Crippen molar-refractivity contribution < 1.29 is 9.59 Å². The number of aromatic nitrogens is 1. The summed E-state index contributed by atoms with van der Waals surface area (Å²) in [6.45, 7) is 4.93. The summed E-state index contributed by atoms with van der Waals surface area (Å²) in [5.41, 5.74) is 6.15. The highest BCUT2D eigenvalue weighted by Gasteiger charge is 2.34. The van der Waals surface area contributed by atoms with Crippen molar-refractivity contribution in [3.8, 4) is 0 Å². The lowest BCUT2D eigenvalue weighted by Crippen LogP contribution is -2.54. The molecule has 5 rings (SSSR count). The Bertz CT molecular complexity index is 1530. The number of rotatable bonds is 7. The van der Waals surface area contributed by atoms with Crippen LogP contribution >= 0.6 is 12.2 Å². The van der Waals surface area contributed by atoms with Gasteiger partial charge in [0.2, 0.25) is 0 Å². The maximum absolute atomic E-state index is 13.6. The van der Waals surface area contributed by atoms with Crippen LogP contribution in [-0.4, -0.2) is 21.5 Å². The van der Waals surface area contributed by atoms with Crippen LogP contribution in [-0.2, 0) is 22.6 Å². The number of carbonyl (C=O) groups is 2. The van der Waals surface area contributed by atoms with Crippen LogP contribution in [0.15, 0.2) is 84.6 Å². The van der Waals surface area contributed by atoms with E-state index in [9.17, 15) is 9.59 Å². The molecule has 1 N–H and O–H groups in total. The molecule has 5 nitrogen and oxygen atoms in total. The standard InChI is InChI=1S/C31H29N3O2S/c1-3-4-9-22-13-15-25(16-14-22)34-30(36)27(29(35)32-31(34)37)18-24-20-33(28-12-6-5-11-26(24)28)19-23-10-7-8-21(2)17-23/h5-8,10-18,20H,3-4,9,19H2,1-2H3,(H,32,35,37)/b27-18-. The highest BCUT2D eigenvalue weighted by Crippen LogP contribution is 2.27. The fourth-order valence-electron chi connectivity index (χ4n) is 4.77. The Morgan fingerprint density at radius 3 is 2.49 bits per heavy atom. The zero-order valence-corrected chi connectivity index (χ0v) is 21.8. The van der Waals surface area contributed by atoms with E-state index < -0.39 is 11.8 Å². The number of nitrogens with zero attached hydrogens (tertiary/aromatic N) is 2. The van der Waals surface area contributed by atoms with E-state index in [0.29, 0.717) is 12.2 Å². The monoisotopic (exact) mass is 507 g/mol. The predicted octanol–water partition coefficient (Wildman–Crippen LogP) is 6.17. The maximum atomic E-state index is 13.6. The first-order chi connectivity index (χ1) is 17.9. The molecule has 0 bridgehead atoms. The summed E-state index contributed by atoms with van der Waals surface area (Å²) in [7, 11) is 0. The average molecular weight is 508 g/mol. The Morgan fingerprint density at radius 2 is 1.73 bits per heavy atom. The van der Waals surface area contributed by atoms with Gasteiger partial charge in [0.05, 0.1) is 5.69 Å². The van der Waals surface area contributed by atoms with Crippen LogP contribution < -0.4 is 10.2 Å². The van der Waals surface area contributed by atoms with Crippen LogP contribution in [0, 0.1) is 6.92 Å². The zero-order valence-electron chi connectivity index (χ0n) is 21.0. The van der Waals surface area contributed by atoms with Crippen molar-refractivity contribution in [2.24, 2.45) is 0 Å². The fourth-order valence-corrected chi connectivity index (χ4v) is 5.05. The van der Waals surface area contributed by atoms with Crippen molar-refractivity contribution in [2.75, 3.05) is 4.90 Å². The van der Waals surface area contributed by atoms with Crippen molar-refractivity contribution in [2.45, 2.75) is 39.7 Å². The topological polar surface area (TPSA) is 54.3 Å². The number of anilines is 1. The van der Waals surface area contributed by atoms with Gasteiger partial charge in [-0.25, -0.2) is 0 Å². The van der Waals surface area contributed by atoms with Gasteiger partial charge < -0.3 is 4.57 Å². The number of amides is 2. The number of thiocarbonyl (C=S) groups is 1. The van der Waals surface area contributed by atoms with Crippen LogP contribution in [0.1, 0.15) is 42.0 Å². The van der Waals surface area contributed by atoms with Gasteiger partial charge >= 0.3 is 0 Å². The van der Waals surface area contributed by atoms with Crippen LogP contribution in [0.3, 0.4) is 0 Å². The highest BCUT2D eigenvalue weighted by atomic mass is 32.1. The molecule has 1 saturated heterocycles. The SMILES string of the molecule is CCCCc1ccc(N2C(=O)/C(=C\c3cn(Cc4cccc(C)c4)c4ccccc34)C(=O)NC2=S)cc1. The molecule has 0 unspecified atom stereocenters. The molecule has 0 spiro atoms. The van der Waals surface area contributed by atoms with Gasteiger partial charge in [-0.1, -0.05) is 73.5 Å². The smallest absolute Gasteiger partial charge is 0.270 e. The van der Waals surface area contributed by atoms with Gasteiger partial charge in [-0.3, -0.25) is 19.8 Å². The summed E-state index contributed by atoms with van der Waals surface area (Å²) in [6, 6.07) is 24.2. The van der Waals surface area contributed by atoms with Gasteiger partial charge in [0.1, 0.15) is 5.57 Å². The van der Waals surface area contributed by atoms with Crippen LogP contribution in [0.2, 0.25) is 0 Å². The first-order valence-electron chi connectivity index (χ1n) is 12.6. The molecule has 6 heteroatoms.